The number of quaternary nitrogens is 1. The molecule has 5 unspecified atom stereocenters. The van der Waals surface area contributed by atoms with Gasteiger partial charge in [0.15, 0.2) is 0 Å². The van der Waals surface area contributed by atoms with Gasteiger partial charge in [-0.05, 0) is 12.8 Å². The van der Waals surface area contributed by atoms with Crippen molar-refractivity contribution in [2.24, 2.45) is 11.8 Å². The zero-order valence-corrected chi connectivity index (χ0v) is 20.7. The molecule has 0 aromatic heterocycles. The Morgan fingerprint density at radius 2 is 1.25 bits per heavy atom. The van der Waals surface area contributed by atoms with E-state index in [1.165, 1.54) is 49.7 Å². The third kappa shape index (κ3) is 6.02. The molecule has 5 atom stereocenters. The molecule has 1 aliphatic heterocycles. The lowest BCUT2D eigenvalue weighted by Crippen LogP contribution is -2.93. The first-order valence-electron chi connectivity index (χ1n) is 13.3. The van der Waals surface area contributed by atoms with Crippen molar-refractivity contribution in [1.82, 2.24) is 0 Å². The van der Waals surface area contributed by atoms with Crippen molar-refractivity contribution in [2.45, 2.75) is 103 Å². The fourth-order valence-electron chi connectivity index (χ4n) is 6.10. The molecule has 0 amide bonds. The quantitative estimate of drug-likeness (QED) is 0.346. The van der Waals surface area contributed by atoms with Crippen LogP contribution in [0.4, 0.5) is 0 Å². The van der Waals surface area contributed by atoms with Gasteiger partial charge in [-0.1, -0.05) is 133 Å². The molecule has 3 rings (SSSR count). The van der Waals surface area contributed by atoms with Crippen molar-refractivity contribution in [1.29, 1.82) is 0 Å². The van der Waals surface area contributed by atoms with Crippen LogP contribution < -0.4 is 5.32 Å². The minimum Gasteiger partial charge on any atom is -0.389 e. The topological polar surface area (TPSA) is 36.8 Å². The maximum Gasteiger partial charge on any atom is 0.118 e. The van der Waals surface area contributed by atoms with Crippen LogP contribution in [0.2, 0.25) is 0 Å². The first-order chi connectivity index (χ1) is 15.6. The van der Waals surface area contributed by atoms with E-state index < -0.39 is 5.60 Å². The third-order valence-corrected chi connectivity index (χ3v) is 7.97. The molecular weight excluding hydrogens is 390 g/mol. The van der Waals surface area contributed by atoms with Crippen LogP contribution in [0.1, 0.15) is 108 Å². The molecule has 1 fully saturated rings. The first-order valence-corrected chi connectivity index (χ1v) is 13.3. The van der Waals surface area contributed by atoms with Crippen molar-refractivity contribution < 1.29 is 10.4 Å². The van der Waals surface area contributed by atoms with Gasteiger partial charge in [-0.3, -0.25) is 0 Å². The summed E-state index contributed by atoms with van der Waals surface area (Å²) in [5.41, 5.74) is 2.07. The molecule has 0 spiro atoms. The summed E-state index contributed by atoms with van der Waals surface area (Å²) >= 11 is 0. The van der Waals surface area contributed by atoms with Crippen LogP contribution in [0.5, 0.6) is 0 Å². The zero-order valence-electron chi connectivity index (χ0n) is 20.7. The van der Waals surface area contributed by atoms with Crippen molar-refractivity contribution >= 4 is 0 Å². The van der Waals surface area contributed by atoms with Gasteiger partial charge in [-0.25, -0.2) is 0 Å². The number of hydrogen-bond acceptors (Lipinski definition) is 1. The van der Waals surface area contributed by atoms with Crippen molar-refractivity contribution in [2.75, 3.05) is 0 Å². The zero-order chi connectivity index (χ0) is 22.8. The van der Waals surface area contributed by atoms with E-state index in [4.69, 9.17) is 0 Å². The highest BCUT2D eigenvalue weighted by Crippen LogP contribution is 2.47. The fourth-order valence-corrected chi connectivity index (χ4v) is 6.10. The highest BCUT2D eigenvalue weighted by molar-refractivity contribution is 5.24. The molecule has 1 heterocycles. The predicted molar refractivity (Wildman–Crippen MR) is 135 cm³/mol. The van der Waals surface area contributed by atoms with Gasteiger partial charge < -0.3 is 10.4 Å². The van der Waals surface area contributed by atoms with Crippen LogP contribution >= 0.6 is 0 Å². The normalized spacial score (nSPS) is 28.0. The molecule has 32 heavy (non-hydrogen) atoms. The molecule has 176 valence electrons. The van der Waals surface area contributed by atoms with E-state index >= 15 is 0 Å². The Labute approximate surface area is 196 Å². The van der Waals surface area contributed by atoms with Gasteiger partial charge >= 0.3 is 0 Å². The summed E-state index contributed by atoms with van der Waals surface area (Å²) in [6.45, 7) is 6.85. The molecular formula is C30H46NO+. The molecule has 3 N–H and O–H groups in total. The van der Waals surface area contributed by atoms with Gasteiger partial charge in [0.1, 0.15) is 12.1 Å². The van der Waals surface area contributed by atoms with Crippen LogP contribution in [-0.2, 0) is 0 Å². The second-order valence-electron chi connectivity index (χ2n) is 10.1. The molecule has 2 aromatic rings. The van der Waals surface area contributed by atoms with Crippen LogP contribution in [0.15, 0.2) is 60.7 Å². The maximum atomic E-state index is 12.4. The van der Waals surface area contributed by atoms with Crippen molar-refractivity contribution in [3.8, 4) is 0 Å². The van der Waals surface area contributed by atoms with Crippen molar-refractivity contribution in [3.05, 3.63) is 71.8 Å². The van der Waals surface area contributed by atoms with Crippen LogP contribution in [-0.4, -0.2) is 10.7 Å². The molecule has 1 saturated heterocycles. The number of hydrogen-bond donors (Lipinski definition) is 2. The van der Waals surface area contributed by atoms with E-state index in [1.54, 1.807) is 0 Å². The van der Waals surface area contributed by atoms with Crippen LogP contribution in [0.3, 0.4) is 0 Å². The summed E-state index contributed by atoms with van der Waals surface area (Å²) in [6, 6.07) is 22.4. The summed E-state index contributed by atoms with van der Waals surface area (Å²) in [5.74, 6) is 0.506. The lowest BCUT2D eigenvalue weighted by atomic mass is 9.62. The number of piperidine rings is 1. The summed E-state index contributed by atoms with van der Waals surface area (Å²) < 4.78 is 0. The molecule has 0 aliphatic carbocycles. The largest absolute Gasteiger partial charge is 0.389 e. The summed E-state index contributed by atoms with van der Waals surface area (Å²) in [7, 11) is 0. The Morgan fingerprint density at radius 1 is 0.719 bits per heavy atom. The summed E-state index contributed by atoms with van der Waals surface area (Å²) in [6.07, 6.45) is 12.2. The third-order valence-electron chi connectivity index (χ3n) is 7.97. The van der Waals surface area contributed by atoms with E-state index in [0.29, 0.717) is 6.04 Å². The van der Waals surface area contributed by atoms with Crippen molar-refractivity contribution in [3.63, 3.8) is 0 Å². The molecule has 2 nitrogen and oxygen atoms in total. The molecule has 1 aliphatic rings. The van der Waals surface area contributed by atoms with Gasteiger partial charge in [0.2, 0.25) is 0 Å². The van der Waals surface area contributed by atoms with Gasteiger partial charge in [-0.2, -0.15) is 0 Å². The van der Waals surface area contributed by atoms with E-state index in [2.05, 4.69) is 86.8 Å². The molecule has 0 bridgehead atoms. The molecule has 0 radical (unpaired) electrons. The Morgan fingerprint density at radius 3 is 1.81 bits per heavy atom. The standard InChI is InChI=1S/C30H45NO/c1-4-6-7-8-9-10-17-23-30(32)24(3)28(25-19-13-11-14-20-25)31-29(27(30)18-5-2)26-21-15-12-16-22-26/h11-16,19-22,24,27-29,31-32H,4-10,17-18,23H2,1-3H3/p+1. The van der Waals surface area contributed by atoms with E-state index in [-0.39, 0.29) is 17.9 Å². The number of nitrogens with two attached hydrogens (primary N) is 1. The van der Waals surface area contributed by atoms with Crippen LogP contribution in [0.25, 0.3) is 0 Å². The van der Waals surface area contributed by atoms with Gasteiger partial charge in [0.25, 0.3) is 0 Å². The predicted octanol–water partition coefficient (Wildman–Crippen LogP) is 6.97. The second-order valence-corrected chi connectivity index (χ2v) is 10.1. The van der Waals surface area contributed by atoms with E-state index in [0.717, 1.165) is 25.7 Å². The van der Waals surface area contributed by atoms with E-state index in [1.807, 2.05) is 0 Å². The fraction of sp³-hybridized carbons (Fsp3) is 0.600. The Kier molecular flexibility index (Phi) is 9.81. The first kappa shape index (κ1) is 25.0. The van der Waals surface area contributed by atoms with Gasteiger partial charge in [0.05, 0.1) is 5.60 Å². The average molecular weight is 437 g/mol. The minimum atomic E-state index is -0.630. The Bertz CT molecular complexity index is 761. The lowest BCUT2D eigenvalue weighted by Gasteiger charge is -2.51. The number of rotatable bonds is 12. The number of benzene rings is 2. The second kappa shape index (κ2) is 12.6. The highest BCUT2D eigenvalue weighted by Gasteiger charge is 2.54. The average Bonchev–Trinajstić information content (AvgIpc) is 2.83. The van der Waals surface area contributed by atoms with Gasteiger partial charge in [-0.15, -0.1) is 0 Å². The summed E-state index contributed by atoms with van der Waals surface area (Å²) in [4.78, 5) is 0. The summed E-state index contributed by atoms with van der Waals surface area (Å²) in [5, 5.41) is 15.0. The van der Waals surface area contributed by atoms with Crippen LogP contribution in [0, 0.1) is 11.8 Å². The monoisotopic (exact) mass is 436 g/mol. The maximum absolute atomic E-state index is 12.4. The van der Waals surface area contributed by atoms with E-state index in [9.17, 15) is 5.11 Å². The lowest BCUT2D eigenvalue weighted by molar-refractivity contribution is -0.765. The number of unbranched alkanes of at least 4 members (excludes halogenated alkanes) is 6. The molecule has 0 saturated carbocycles. The van der Waals surface area contributed by atoms with Gasteiger partial charge in [0, 0.05) is 23.0 Å². The SMILES string of the molecule is CCCCCCCCCC1(O)C(C)C(c2ccccc2)[NH2+]C(c2ccccc2)C1CCC. The highest BCUT2D eigenvalue weighted by atomic mass is 16.3. The number of aliphatic hydroxyl groups is 1. The molecule has 2 aromatic carbocycles. The smallest absolute Gasteiger partial charge is 0.118 e. The minimum absolute atomic E-state index is 0.224. The molecule has 2 heteroatoms. The Hall–Kier alpha value is -1.64. The Balaban J connectivity index is 1.84.